The summed E-state index contributed by atoms with van der Waals surface area (Å²) < 4.78 is 33.0. The molecule has 1 unspecified atom stereocenters. The van der Waals surface area contributed by atoms with Crippen LogP contribution in [0, 0.1) is 0 Å². The largest absolute Gasteiger partial charge is 0.468 e. The summed E-state index contributed by atoms with van der Waals surface area (Å²) >= 11 is 0. The van der Waals surface area contributed by atoms with E-state index < -0.39 is 22.0 Å². The highest BCUT2D eigenvalue weighted by atomic mass is 32.2. The van der Waals surface area contributed by atoms with Gasteiger partial charge in [-0.1, -0.05) is 24.3 Å². The van der Waals surface area contributed by atoms with E-state index in [-0.39, 0.29) is 4.90 Å². The highest BCUT2D eigenvalue weighted by Gasteiger charge is 2.38. The van der Waals surface area contributed by atoms with Gasteiger partial charge in [0.15, 0.2) is 0 Å². The molecule has 0 N–H and O–H groups in total. The van der Waals surface area contributed by atoms with Crippen LogP contribution in [0.3, 0.4) is 0 Å². The van der Waals surface area contributed by atoms with Gasteiger partial charge in [0.25, 0.3) is 0 Å². The van der Waals surface area contributed by atoms with Crippen LogP contribution in [0.15, 0.2) is 41.3 Å². The summed E-state index contributed by atoms with van der Waals surface area (Å²) in [5.74, 6) is -0.498. The van der Waals surface area contributed by atoms with E-state index in [4.69, 9.17) is 4.74 Å². The van der Waals surface area contributed by atoms with Crippen molar-refractivity contribution >= 4 is 32.5 Å². The first-order chi connectivity index (χ1) is 12.4. The predicted molar refractivity (Wildman–Crippen MR) is 102 cm³/mol. The van der Waals surface area contributed by atoms with E-state index in [0.29, 0.717) is 18.4 Å². The van der Waals surface area contributed by atoms with E-state index in [0.717, 1.165) is 23.9 Å². The number of hydrogen-bond donors (Lipinski definition) is 0. The molecule has 1 aliphatic heterocycles. The van der Waals surface area contributed by atoms with Crippen molar-refractivity contribution in [2.75, 3.05) is 32.6 Å². The Kier molecular flexibility index (Phi) is 5.20. The first-order valence-electron chi connectivity index (χ1n) is 8.66. The topological polar surface area (TPSA) is 66.9 Å². The minimum atomic E-state index is -3.82. The van der Waals surface area contributed by atoms with Gasteiger partial charge in [-0.2, -0.15) is 4.31 Å². The van der Waals surface area contributed by atoms with Crippen molar-refractivity contribution < 1.29 is 17.9 Å². The normalized spacial score (nSPS) is 18.7. The Morgan fingerprint density at radius 3 is 2.50 bits per heavy atom. The van der Waals surface area contributed by atoms with E-state index >= 15 is 0 Å². The van der Waals surface area contributed by atoms with Crippen LogP contribution in [0.25, 0.3) is 10.8 Å². The van der Waals surface area contributed by atoms with Crippen LogP contribution in [0.4, 0.5) is 5.69 Å². The molecular formula is C19H24N2O4S. The third kappa shape index (κ3) is 3.17. The van der Waals surface area contributed by atoms with Crippen molar-refractivity contribution in [2.24, 2.45) is 0 Å². The van der Waals surface area contributed by atoms with Crippen molar-refractivity contribution in [2.45, 2.75) is 30.2 Å². The van der Waals surface area contributed by atoms with E-state index in [1.54, 1.807) is 12.1 Å². The lowest BCUT2D eigenvalue weighted by Crippen LogP contribution is -2.48. The van der Waals surface area contributed by atoms with Gasteiger partial charge in [0.2, 0.25) is 10.0 Å². The lowest BCUT2D eigenvalue weighted by molar-refractivity contribution is -0.146. The number of fused-ring (bicyclic) bond motifs is 1. The number of piperidine rings is 1. The molecule has 7 heteroatoms. The van der Waals surface area contributed by atoms with Crippen LogP contribution < -0.4 is 4.90 Å². The molecule has 1 fully saturated rings. The van der Waals surface area contributed by atoms with Crippen LogP contribution >= 0.6 is 0 Å². The average molecular weight is 376 g/mol. The zero-order valence-electron chi connectivity index (χ0n) is 15.3. The fourth-order valence-electron chi connectivity index (χ4n) is 3.57. The number of carbonyl (C=O) groups is 1. The number of nitrogens with zero attached hydrogens (tertiary/aromatic N) is 2. The Hall–Kier alpha value is -2.12. The molecule has 1 heterocycles. The summed E-state index contributed by atoms with van der Waals surface area (Å²) in [5.41, 5.74) is 0.947. The van der Waals surface area contributed by atoms with E-state index in [1.165, 1.54) is 11.4 Å². The molecule has 2 aromatic carbocycles. The second-order valence-electron chi connectivity index (χ2n) is 6.67. The molecule has 0 bridgehead atoms. The number of hydrogen-bond acceptors (Lipinski definition) is 5. The zero-order chi connectivity index (χ0) is 18.9. The molecule has 2 aromatic rings. The molecule has 0 radical (unpaired) electrons. The monoisotopic (exact) mass is 376 g/mol. The van der Waals surface area contributed by atoms with Gasteiger partial charge in [0.1, 0.15) is 6.04 Å². The minimum absolute atomic E-state index is 0.231. The molecule has 1 aliphatic rings. The Labute approximate surface area is 154 Å². The highest BCUT2D eigenvalue weighted by Crippen LogP contribution is 2.33. The number of methoxy groups -OCH3 is 1. The number of benzene rings is 2. The number of anilines is 1. The zero-order valence-corrected chi connectivity index (χ0v) is 16.1. The van der Waals surface area contributed by atoms with Crippen molar-refractivity contribution in [1.29, 1.82) is 0 Å². The Morgan fingerprint density at radius 1 is 1.12 bits per heavy atom. The molecule has 0 aliphatic carbocycles. The van der Waals surface area contributed by atoms with Gasteiger partial charge < -0.3 is 9.64 Å². The van der Waals surface area contributed by atoms with Crippen molar-refractivity contribution in [3.05, 3.63) is 36.4 Å². The van der Waals surface area contributed by atoms with Gasteiger partial charge in [-0.3, -0.25) is 4.79 Å². The maximum absolute atomic E-state index is 13.4. The standard InChI is InChI=1S/C19H24N2O4S/c1-20(2)16-11-6-9-15-14(16)8-7-12-18(15)26(23,24)21-13-5-4-10-17(21)19(22)25-3/h6-9,11-12,17H,4-5,10,13H2,1-3H3. The summed E-state index contributed by atoms with van der Waals surface area (Å²) in [4.78, 5) is 14.3. The number of sulfonamides is 1. The van der Waals surface area contributed by atoms with Crippen LogP contribution in [0.5, 0.6) is 0 Å². The second-order valence-corrected chi connectivity index (χ2v) is 8.53. The summed E-state index contributed by atoms with van der Waals surface area (Å²) in [6.07, 6.45) is 2.03. The lowest BCUT2D eigenvalue weighted by Gasteiger charge is -2.33. The fraction of sp³-hybridized carbons (Fsp3) is 0.421. The molecule has 140 valence electrons. The molecular weight excluding hydrogens is 352 g/mol. The smallest absolute Gasteiger partial charge is 0.324 e. The number of ether oxygens (including phenoxy) is 1. The van der Waals surface area contributed by atoms with E-state index in [1.807, 2.05) is 43.3 Å². The maximum Gasteiger partial charge on any atom is 0.324 e. The number of carbonyl (C=O) groups excluding carboxylic acids is 1. The summed E-state index contributed by atoms with van der Waals surface area (Å²) in [7, 11) is 1.32. The quantitative estimate of drug-likeness (QED) is 0.768. The van der Waals surface area contributed by atoms with E-state index in [9.17, 15) is 13.2 Å². The van der Waals surface area contributed by atoms with Crippen LogP contribution in [-0.2, 0) is 19.6 Å². The molecule has 0 spiro atoms. The number of rotatable bonds is 4. The lowest BCUT2D eigenvalue weighted by atomic mass is 10.1. The molecule has 0 amide bonds. The van der Waals surface area contributed by atoms with Gasteiger partial charge in [-0.05, 0) is 31.4 Å². The molecule has 1 saturated heterocycles. The van der Waals surface area contributed by atoms with Gasteiger partial charge in [0.05, 0.1) is 12.0 Å². The third-order valence-electron chi connectivity index (χ3n) is 4.85. The van der Waals surface area contributed by atoms with Crippen molar-refractivity contribution in [3.63, 3.8) is 0 Å². The minimum Gasteiger partial charge on any atom is -0.468 e. The molecule has 3 rings (SSSR count). The molecule has 0 saturated carbocycles. The summed E-state index contributed by atoms with van der Waals surface area (Å²) in [6, 6.07) is 10.1. The van der Waals surface area contributed by atoms with Crippen LogP contribution in [-0.4, -0.2) is 52.5 Å². The van der Waals surface area contributed by atoms with Crippen molar-refractivity contribution in [1.82, 2.24) is 4.31 Å². The summed E-state index contributed by atoms with van der Waals surface area (Å²) in [5, 5.41) is 1.53. The Morgan fingerprint density at radius 2 is 1.81 bits per heavy atom. The molecule has 6 nitrogen and oxygen atoms in total. The highest BCUT2D eigenvalue weighted by molar-refractivity contribution is 7.89. The van der Waals surface area contributed by atoms with Gasteiger partial charge >= 0.3 is 5.97 Å². The van der Waals surface area contributed by atoms with Gasteiger partial charge in [-0.25, -0.2) is 8.42 Å². The Bertz CT molecular complexity index is 924. The van der Waals surface area contributed by atoms with Gasteiger partial charge in [-0.15, -0.1) is 0 Å². The molecule has 0 aromatic heterocycles. The predicted octanol–water partition coefficient (Wildman–Crippen LogP) is 2.62. The first kappa shape index (κ1) is 18.7. The van der Waals surface area contributed by atoms with Crippen LogP contribution in [0.1, 0.15) is 19.3 Å². The summed E-state index contributed by atoms with van der Waals surface area (Å²) in [6.45, 7) is 0.325. The van der Waals surface area contributed by atoms with E-state index in [2.05, 4.69) is 0 Å². The van der Waals surface area contributed by atoms with Crippen LogP contribution in [0.2, 0.25) is 0 Å². The molecule has 26 heavy (non-hydrogen) atoms. The average Bonchev–Trinajstić information content (AvgIpc) is 2.66. The fourth-order valence-corrected chi connectivity index (χ4v) is 5.43. The van der Waals surface area contributed by atoms with Gasteiger partial charge in [0, 0.05) is 37.1 Å². The maximum atomic E-state index is 13.4. The Balaban J connectivity index is 2.15. The SMILES string of the molecule is COC(=O)C1CCCCN1S(=O)(=O)c1cccc2c(N(C)C)cccc12. The number of esters is 1. The van der Waals surface area contributed by atoms with Crippen molar-refractivity contribution in [3.8, 4) is 0 Å². The third-order valence-corrected chi connectivity index (χ3v) is 6.82. The second kappa shape index (κ2) is 7.25. The first-order valence-corrected chi connectivity index (χ1v) is 10.1. The molecule has 1 atom stereocenters.